The summed E-state index contributed by atoms with van der Waals surface area (Å²) in [6.45, 7) is 0. The highest BCUT2D eigenvalue weighted by Crippen LogP contribution is 2.37. The Balaban J connectivity index is 2.03. The Hall–Kier alpha value is -4.25. The number of hydrogen-bond donors (Lipinski definition) is 0. The van der Waals surface area contributed by atoms with Crippen LogP contribution in [0.5, 0.6) is 0 Å². The Morgan fingerprint density at radius 2 is 1.39 bits per heavy atom. The van der Waals surface area contributed by atoms with Gasteiger partial charge in [-0.15, -0.1) is 0 Å². The number of rotatable bonds is 6. The Bertz CT molecular complexity index is 1280. The number of carbonyl (C=O) groups is 2. The summed E-state index contributed by atoms with van der Waals surface area (Å²) in [4.78, 5) is 30.1. The monoisotopic (exact) mass is 437 g/mol. The van der Waals surface area contributed by atoms with Crippen molar-refractivity contribution in [3.8, 4) is 22.3 Å². The van der Waals surface area contributed by atoms with Gasteiger partial charge in [-0.25, -0.2) is 9.59 Å². The van der Waals surface area contributed by atoms with Crippen LogP contribution < -0.4 is 0 Å². The van der Waals surface area contributed by atoms with Gasteiger partial charge >= 0.3 is 11.9 Å². The summed E-state index contributed by atoms with van der Waals surface area (Å²) < 4.78 is 10.2. The van der Waals surface area contributed by atoms with Gasteiger partial charge in [0.2, 0.25) is 0 Å². The van der Waals surface area contributed by atoms with E-state index in [1.807, 2.05) is 72.8 Å². The first-order chi connectivity index (χ1) is 16.1. The smallest absolute Gasteiger partial charge is 0.339 e. The molecule has 5 nitrogen and oxygen atoms in total. The highest BCUT2D eigenvalue weighted by Gasteiger charge is 2.24. The van der Waals surface area contributed by atoms with Gasteiger partial charge < -0.3 is 9.47 Å². The highest BCUT2D eigenvalue weighted by molar-refractivity contribution is 6.07. The van der Waals surface area contributed by atoms with E-state index in [4.69, 9.17) is 9.47 Å². The number of nitrogens with zero attached hydrogens (tertiary/aromatic N) is 1. The number of pyridine rings is 1. The van der Waals surface area contributed by atoms with Crippen molar-refractivity contribution >= 4 is 11.9 Å². The van der Waals surface area contributed by atoms with E-state index < -0.39 is 11.9 Å². The Morgan fingerprint density at radius 3 is 2.09 bits per heavy atom. The van der Waals surface area contributed by atoms with Crippen LogP contribution >= 0.6 is 0 Å². The SMILES string of the molecule is COC(=O)c1ccccc1-c1cc(Cc2ccccn2)cc(-c2ccccc2)c1C(=O)OC. The van der Waals surface area contributed by atoms with Gasteiger partial charge in [0, 0.05) is 18.3 Å². The Kier molecular flexibility index (Phi) is 6.60. The predicted molar refractivity (Wildman–Crippen MR) is 127 cm³/mol. The zero-order valence-electron chi connectivity index (χ0n) is 18.4. The van der Waals surface area contributed by atoms with Crippen molar-refractivity contribution in [1.29, 1.82) is 0 Å². The molecule has 0 atom stereocenters. The average molecular weight is 437 g/mol. The van der Waals surface area contributed by atoms with Gasteiger partial charge in [0.05, 0.1) is 25.3 Å². The number of aromatic nitrogens is 1. The summed E-state index contributed by atoms with van der Waals surface area (Å²) in [7, 11) is 2.70. The molecule has 0 unspecified atom stereocenters. The molecular weight excluding hydrogens is 414 g/mol. The lowest BCUT2D eigenvalue weighted by atomic mass is 9.87. The van der Waals surface area contributed by atoms with Crippen molar-refractivity contribution in [2.75, 3.05) is 14.2 Å². The molecule has 0 saturated carbocycles. The lowest BCUT2D eigenvalue weighted by molar-refractivity contribution is 0.0590. The fourth-order valence-corrected chi connectivity index (χ4v) is 3.90. The van der Waals surface area contributed by atoms with Crippen molar-refractivity contribution < 1.29 is 19.1 Å². The number of carbonyl (C=O) groups excluding carboxylic acids is 2. The van der Waals surface area contributed by atoms with E-state index in [0.29, 0.717) is 28.7 Å². The molecule has 0 bridgehead atoms. The van der Waals surface area contributed by atoms with E-state index >= 15 is 0 Å². The van der Waals surface area contributed by atoms with E-state index in [1.165, 1.54) is 14.2 Å². The van der Waals surface area contributed by atoms with Gasteiger partial charge in [-0.3, -0.25) is 4.98 Å². The molecule has 0 amide bonds. The van der Waals surface area contributed by atoms with Crippen LogP contribution in [0.2, 0.25) is 0 Å². The second kappa shape index (κ2) is 9.92. The van der Waals surface area contributed by atoms with Gasteiger partial charge in [0.15, 0.2) is 0 Å². The molecule has 0 aliphatic rings. The minimum Gasteiger partial charge on any atom is -0.465 e. The molecule has 33 heavy (non-hydrogen) atoms. The summed E-state index contributed by atoms with van der Waals surface area (Å²) in [6, 6.07) is 26.4. The number of ether oxygens (including phenoxy) is 2. The van der Waals surface area contributed by atoms with Crippen LogP contribution in [-0.4, -0.2) is 31.1 Å². The van der Waals surface area contributed by atoms with Crippen molar-refractivity contribution in [1.82, 2.24) is 4.98 Å². The molecule has 4 rings (SSSR count). The Morgan fingerprint density at radius 1 is 0.727 bits per heavy atom. The molecule has 0 spiro atoms. The van der Waals surface area contributed by atoms with E-state index in [1.54, 1.807) is 18.3 Å². The maximum Gasteiger partial charge on any atom is 0.339 e. The zero-order chi connectivity index (χ0) is 23.2. The Labute approximate surface area is 192 Å². The number of esters is 2. The van der Waals surface area contributed by atoms with Crippen LogP contribution in [-0.2, 0) is 15.9 Å². The van der Waals surface area contributed by atoms with E-state index in [2.05, 4.69) is 4.98 Å². The first-order valence-corrected chi connectivity index (χ1v) is 10.5. The third-order valence-electron chi connectivity index (χ3n) is 5.41. The van der Waals surface area contributed by atoms with Gasteiger partial charge in [-0.1, -0.05) is 54.6 Å². The van der Waals surface area contributed by atoms with Crippen molar-refractivity contribution in [3.05, 3.63) is 114 Å². The van der Waals surface area contributed by atoms with Gasteiger partial charge in [0.1, 0.15) is 0 Å². The molecule has 0 fully saturated rings. The van der Waals surface area contributed by atoms with Gasteiger partial charge in [0.25, 0.3) is 0 Å². The molecule has 0 aliphatic carbocycles. The molecule has 1 heterocycles. The molecule has 0 aliphatic heterocycles. The lowest BCUT2D eigenvalue weighted by Crippen LogP contribution is -2.10. The molecule has 1 aromatic heterocycles. The molecule has 0 N–H and O–H groups in total. The predicted octanol–water partition coefficient (Wildman–Crippen LogP) is 5.58. The van der Waals surface area contributed by atoms with Crippen LogP contribution in [0.25, 0.3) is 22.3 Å². The van der Waals surface area contributed by atoms with Gasteiger partial charge in [-0.05, 0) is 58.1 Å². The van der Waals surface area contributed by atoms with E-state index in [-0.39, 0.29) is 0 Å². The molecule has 164 valence electrons. The first-order valence-electron chi connectivity index (χ1n) is 10.5. The third-order valence-corrected chi connectivity index (χ3v) is 5.41. The van der Waals surface area contributed by atoms with E-state index in [9.17, 15) is 9.59 Å². The van der Waals surface area contributed by atoms with Crippen LogP contribution in [0.3, 0.4) is 0 Å². The van der Waals surface area contributed by atoms with Gasteiger partial charge in [-0.2, -0.15) is 0 Å². The summed E-state index contributed by atoms with van der Waals surface area (Å²) in [5, 5.41) is 0. The normalized spacial score (nSPS) is 10.5. The average Bonchev–Trinajstić information content (AvgIpc) is 2.88. The number of hydrogen-bond acceptors (Lipinski definition) is 5. The number of benzene rings is 3. The summed E-state index contributed by atoms with van der Waals surface area (Å²) in [6.07, 6.45) is 2.32. The molecule has 0 saturated heterocycles. The minimum atomic E-state index is -0.479. The fourth-order valence-electron chi connectivity index (χ4n) is 3.90. The van der Waals surface area contributed by atoms with E-state index in [0.717, 1.165) is 22.4 Å². The molecule has 4 aromatic rings. The second-order valence-electron chi connectivity index (χ2n) is 7.46. The molecular formula is C28H23NO4. The van der Waals surface area contributed by atoms with Crippen molar-refractivity contribution in [2.24, 2.45) is 0 Å². The summed E-state index contributed by atoms with van der Waals surface area (Å²) in [5.74, 6) is -0.953. The van der Waals surface area contributed by atoms with Crippen molar-refractivity contribution in [3.63, 3.8) is 0 Å². The van der Waals surface area contributed by atoms with Crippen molar-refractivity contribution in [2.45, 2.75) is 6.42 Å². The lowest BCUT2D eigenvalue weighted by Gasteiger charge is -2.18. The minimum absolute atomic E-state index is 0.374. The van der Waals surface area contributed by atoms with Crippen LogP contribution in [0.1, 0.15) is 32.0 Å². The van der Waals surface area contributed by atoms with Crippen LogP contribution in [0.15, 0.2) is 91.1 Å². The van der Waals surface area contributed by atoms with Crippen LogP contribution in [0.4, 0.5) is 0 Å². The highest BCUT2D eigenvalue weighted by atomic mass is 16.5. The summed E-state index contributed by atoms with van der Waals surface area (Å²) in [5.41, 5.74) is 5.43. The first kappa shape index (κ1) is 22.0. The third kappa shape index (κ3) is 4.67. The zero-order valence-corrected chi connectivity index (χ0v) is 18.4. The summed E-state index contributed by atoms with van der Waals surface area (Å²) >= 11 is 0. The largest absolute Gasteiger partial charge is 0.465 e. The standard InChI is InChI=1S/C28H23NO4/c1-32-27(30)23-14-7-6-13-22(23)25-18-19(16-21-12-8-9-15-29-21)17-24(26(25)28(31)33-2)20-10-4-3-5-11-20/h3-15,17-18H,16H2,1-2H3. The molecule has 0 radical (unpaired) electrons. The topological polar surface area (TPSA) is 65.5 Å². The van der Waals surface area contributed by atoms with Crippen LogP contribution in [0, 0.1) is 0 Å². The number of methoxy groups -OCH3 is 2. The maximum absolute atomic E-state index is 13.1. The second-order valence-corrected chi connectivity index (χ2v) is 7.46. The molecule has 5 heteroatoms. The molecule has 3 aromatic carbocycles. The maximum atomic E-state index is 13.1. The fraction of sp³-hybridized carbons (Fsp3) is 0.107. The quantitative estimate of drug-likeness (QED) is 0.369.